The fourth-order valence-corrected chi connectivity index (χ4v) is 4.30. The second-order valence-corrected chi connectivity index (χ2v) is 8.78. The Morgan fingerprint density at radius 3 is 2.32 bits per heavy atom. The Hall–Kier alpha value is -3.61. The highest BCUT2D eigenvalue weighted by Crippen LogP contribution is 2.46. The van der Waals surface area contributed by atoms with Crippen LogP contribution in [0.15, 0.2) is 41.5 Å². The molecule has 0 saturated carbocycles. The number of aryl methyl sites for hydroxylation is 2. The van der Waals surface area contributed by atoms with Gasteiger partial charge in [0.15, 0.2) is 5.69 Å². The van der Waals surface area contributed by atoms with Gasteiger partial charge in [0, 0.05) is 30.0 Å². The fourth-order valence-electron chi connectivity index (χ4n) is 3.96. The number of rotatable bonds is 6. The number of carbonyl (C=O) groups is 1. The average molecular weight is 564 g/mol. The molecule has 0 N–H and O–H groups in total. The van der Waals surface area contributed by atoms with Crippen LogP contribution in [0.3, 0.4) is 0 Å². The van der Waals surface area contributed by atoms with Gasteiger partial charge in [-0.25, -0.2) is 9.78 Å². The second kappa shape index (κ2) is 10.6. The topological polar surface area (TPSA) is 83.3 Å². The molecule has 0 aliphatic heterocycles. The van der Waals surface area contributed by atoms with Crippen LogP contribution < -0.4 is 10.3 Å². The molecule has 0 aliphatic rings. The van der Waals surface area contributed by atoms with Gasteiger partial charge in [0.05, 0.1) is 13.0 Å². The number of carbonyl (C=O) groups excluding carboxylic acids is 1. The molecule has 0 amide bonds. The third-order valence-corrected chi connectivity index (χ3v) is 6.03. The zero-order chi connectivity index (χ0) is 28.6. The molecule has 0 fully saturated rings. The Balaban J connectivity index is 1.96. The Labute approximate surface area is 217 Å². The first-order valence-electron chi connectivity index (χ1n) is 10.8. The van der Waals surface area contributed by atoms with E-state index in [0.29, 0.717) is 6.20 Å². The maximum atomic E-state index is 14.2. The van der Waals surface area contributed by atoms with Gasteiger partial charge in [-0.15, -0.1) is 0 Å². The smallest absolute Gasteiger partial charge is 0.434 e. The van der Waals surface area contributed by atoms with Crippen LogP contribution >= 0.6 is 11.6 Å². The van der Waals surface area contributed by atoms with Crippen LogP contribution in [0.1, 0.15) is 51.5 Å². The Bertz CT molecular complexity index is 1400. The lowest BCUT2D eigenvalue weighted by Crippen LogP contribution is -2.29. The summed E-state index contributed by atoms with van der Waals surface area (Å²) in [5, 5.41) is -0.159. The molecule has 7 nitrogen and oxygen atoms in total. The van der Waals surface area contributed by atoms with Crippen LogP contribution in [-0.2, 0) is 18.0 Å². The minimum atomic E-state index is -5.03. The summed E-state index contributed by atoms with van der Waals surface area (Å²) in [6.45, 7) is 2.72. The van der Waals surface area contributed by atoms with E-state index in [-0.39, 0.29) is 27.5 Å². The molecule has 38 heavy (non-hydrogen) atoms. The summed E-state index contributed by atoms with van der Waals surface area (Å²) in [6, 6.07) is 3.94. The highest BCUT2D eigenvalue weighted by Gasteiger charge is 2.45. The molecule has 2 unspecified atom stereocenters. The van der Waals surface area contributed by atoms with Gasteiger partial charge >= 0.3 is 24.3 Å². The number of pyridine rings is 1. The Morgan fingerprint density at radius 2 is 1.79 bits per heavy atom. The van der Waals surface area contributed by atoms with Crippen molar-refractivity contribution >= 4 is 17.6 Å². The quantitative estimate of drug-likeness (QED) is 0.263. The zero-order valence-corrected chi connectivity index (χ0v) is 21.0. The first-order valence-corrected chi connectivity index (χ1v) is 11.2. The second-order valence-electron chi connectivity index (χ2n) is 8.37. The number of ether oxygens (including phenoxy) is 2. The van der Waals surface area contributed by atoms with Gasteiger partial charge in [0.25, 0.3) is 5.56 Å². The number of benzene rings is 1. The molecule has 0 radical (unpaired) electrons. The number of nitrogens with zero attached hydrogens (tertiary/aromatic N) is 3. The lowest BCUT2D eigenvalue weighted by Gasteiger charge is -2.28. The van der Waals surface area contributed by atoms with E-state index in [9.17, 15) is 35.9 Å². The van der Waals surface area contributed by atoms with Crippen LogP contribution in [-0.4, -0.2) is 33.8 Å². The number of methoxy groups -OCH3 is 1. The SMILES string of the molecule is COC(=O)c1cnc(Oc2ccc(C(C)C(c3cc(C)c(=O)n(C)c3)C(F)(F)F)c(Cl)c2)nc1C(F)(F)F. The number of alkyl halides is 6. The lowest BCUT2D eigenvalue weighted by molar-refractivity contribution is -0.155. The van der Waals surface area contributed by atoms with Gasteiger partial charge in [0.1, 0.15) is 11.3 Å². The van der Waals surface area contributed by atoms with Gasteiger partial charge in [-0.1, -0.05) is 24.6 Å². The molecule has 14 heteroatoms. The fraction of sp³-hybridized carbons (Fsp3) is 0.333. The number of aromatic nitrogens is 3. The summed E-state index contributed by atoms with van der Waals surface area (Å²) in [6.07, 6.45) is -8.04. The largest absolute Gasteiger partial charge is 0.465 e. The molecular formula is C24H20ClF6N3O4. The molecule has 0 aliphatic carbocycles. The van der Waals surface area contributed by atoms with Gasteiger partial charge < -0.3 is 14.0 Å². The number of halogens is 7. The van der Waals surface area contributed by atoms with E-state index >= 15 is 0 Å². The first-order chi connectivity index (χ1) is 17.5. The predicted octanol–water partition coefficient (Wildman–Crippen LogP) is 6.18. The molecule has 3 rings (SSSR count). The summed E-state index contributed by atoms with van der Waals surface area (Å²) in [5.74, 6) is -4.72. The van der Waals surface area contributed by atoms with Crippen LogP contribution in [0.2, 0.25) is 5.02 Å². The van der Waals surface area contributed by atoms with Gasteiger partial charge in [0.2, 0.25) is 0 Å². The van der Waals surface area contributed by atoms with E-state index in [4.69, 9.17) is 16.3 Å². The van der Waals surface area contributed by atoms with Crippen molar-refractivity contribution in [2.24, 2.45) is 7.05 Å². The van der Waals surface area contributed by atoms with Crippen LogP contribution in [0.4, 0.5) is 26.3 Å². The summed E-state index contributed by atoms with van der Waals surface area (Å²) < 4.78 is 93.2. The van der Waals surface area contributed by atoms with Crippen molar-refractivity contribution in [1.29, 1.82) is 0 Å². The summed E-state index contributed by atoms with van der Waals surface area (Å²) in [4.78, 5) is 30.4. The van der Waals surface area contributed by atoms with E-state index in [1.807, 2.05) is 0 Å². The van der Waals surface area contributed by atoms with Gasteiger partial charge in [-0.05, 0) is 42.2 Å². The van der Waals surface area contributed by atoms with Crippen LogP contribution in [0.25, 0.3) is 0 Å². The van der Waals surface area contributed by atoms with Crippen LogP contribution in [0.5, 0.6) is 11.8 Å². The average Bonchev–Trinajstić information content (AvgIpc) is 2.80. The maximum absolute atomic E-state index is 14.2. The maximum Gasteiger partial charge on any atom is 0.434 e. The van der Waals surface area contributed by atoms with Crippen molar-refractivity contribution in [3.8, 4) is 11.8 Å². The van der Waals surface area contributed by atoms with Crippen molar-refractivity contribution in [2.75, 3.05) is 7.11 Å². The molecular weight excluding hydrogens is 544 g/mol. The first kappa shape index (κ1) is 29.0. The number of hydrogen-bond donors (Lipinski definition) is 0. The lowest BCUT2D eigenvalue weighted by atomic mass is 9.82. The highest BCUT2D eigenvalue weighted by atomic mass is 35.5. The third-order valence-electron chi connectivity index (χ3n) is 5.71. The van der Waals surface area contributed by atoms with E-state index in [1.165, 1.54) is 39.1 Å². The standard InChI is InChI=1S/C24H20ClF6N3O4/c1-11-7-13(10-34(3)20(11)35)18(23(26,27)28)12(2)15-6-5-14(8-17(15)25)38-22-32-9-16(21(36)37-4)19(33-22)24(29,30)31/h5-10,12,18H,1-4H3. The Kier molecular flexibility index (Phi) is 8.10. The normalized spacial score (nSPS) is 13.7. The van der Waals surface area contributed by atoms with E-state index in [0.717, 1.165) is 23.9 Å². The molecule has 2 aromatic heterocycles. The summed E-state index contributed by atoms with van der Waals surface area (Å²) in [5.41, 5.74) is -2.88. The van der Waals surface area contributed by atoms with Crippen molar-refractivity contribution in [3.63, 3.8) is 0 Å². The molecule has 1 aromatic carbocycles. The zero-order valence-electron chi connectivity index (χ0n) is 20.2. The molecule has 204 valence electrons. The minimum absolute atomic E-state index is 0.0748. The molecule has 0 spiro atoms. The van der Waals surface area contributed by atoms with Crippen molar-refractivity contribution in [3.05, 3.63) is 80.0 Å². The third kappa shape index (κ3) is 6.09. The molecule has 2 atom stereocenters. The number of esters is 1. The predicted molar refractivity (Wildman–Crippen MR) is 124 cm³/mol. The van der Waals surface area contributed by atoms with Gasteiger partial charge in [-0.3, -0.25) is 4.79 Å². The van der Waals surface area contributed by atoms with Crippen LogP contribution in [0, 0.1) is 6.92 Å². The highest BCUT2D eigenvalue weighted by molar-refractivity contribution is 6.31. The van der Waals surface area contributed by atoms with Crippen molar-refractivity contribution in [1.82, 2.24) is 14.5 Å². The van der Waals surface area contributed by atoms with Crippen molar-refractivity contribution < 1.29 is 40.6 Å². The molecule has 3 aromatic rings. The van der Waals surface area contributed by atoms with Crippen molar-refractivity contribution in [2.45, 2.75) is 38.0 Å². The van der Waals surface area contributed by atoms with Gasteiger partial charge in [-0.2, -0.15) is 31.3 Å². The summed E-state index contributed by atoms with van der Waals surface area (Å²) in [7, 11) is 2.24. The monoisotopic (exact) mass is 563 g/mol. The van der Waals surface area contributed by atoms with E-state index in [1.54, 1.807) is 0 Å². The molecule has 0 bridgehead atoms. The van der Waals surface area contributed by atoms with E-state index in [2.05, 4.69) is 14.7 Å². The molecule has 2 heterocycles. The van der Waals surface area contributed by atoms with E-state index < -0.39 is 53.0 Å². The molecule has 0 saturated heterocycles. The minimum Gasteiger partial charge on any atom is -0.465 e. The Morgan fingerprint density at radius 1 is 1.13 bits per heavy atom. The summed E-state index contributed by atoms with van der Waals surface area (Å²) >= 11 is 6.26. The number of hydrogen-bond acceptors (Lipinski definition) is 6.